The predicted octanol–water partition coefficient (Wildman–Crippen LogP) is 0.336. The zero-order valence-electron chi connectivity index (χ0n) is 13.6. The molecule has 2 saturated heterocycles. The van der Waals surface area contributed by atoms with Gasteiger partial charge in [0.05, 0.1) is 18.9 Å². The largest absolute Gasteiger partial charge is 0.472 e. The molecule has 0 bridgehead atoms. The molecular weight excluding hydrogens is 318 g/mol. The van der Waals surface area contributed by atoms with Crippen molar-refractivity contribution in [2.75, 3.05) is 45.2 Å². The minimum Gasteiger partial charge on any atom is -0.472 e. The van der Waals surface area contributed by atoms with Crippen LogP contribution in [0.15, 0.2) is 12.4 Å². The Kier molecular flexibility index (Phi) is 4.69. The Hall–Kier alpha value is -1.45. The zero-order valence-corrected chi connectivity index (χ0v) is 14.4. The van der Waals surface area contributed by atoms with Crippen LogP contribution in [0.3, 0.4) is 0 Å². The number of anilines is 1. The van der Waals surface area contributed by atoms with Gasteiger partial charge in [0.25, 0.3) is 10.2 Å². The second kappa shape index (κ2) is 6.58. The van der Waals surface area contributed by atoms with E-state index < -0.39 is 10.2 Å². The standard InChI is InChI=1S/C14H23N5O3S/c1-17(2)13-9-15-10-14(16-13)22-12-5-8-19(11-12)23(20,21)18-6-3-4-7-18/h9-10,12H,3-8,11H2,1-2H3. The lowest BCUT2D eigenvalue weighted by Crippen LogP contribution is -2.41. The van der Waals surface area contributed by atoms with Gasteiger partial charge in [0, 0.05) is 33.7 Å². The Labute approximate surface area is 137 Å². The van der Waals surface area contributed by atoms with Crippen LogP contribution in [0.5, 0.6) is 5.88 Å². The molecule has 0 N–H and O–H groups in total. The SMILES string of the molecule is CN(C)c1cncc(OC2CCN(S(=O)(=O)N3CCCC3)C2)n1. The second-order valence-corrected chi connectivity index (χ2v) is 8.04. The molecule has 1 unspecified atom stereocenters. The number of hydrogen-bond donors (Lipinski definition) is 0. The van der Waals surface area contributed by atoms with Gasteiger partial charge >= 0.3 is 0 Å². The van der Waals surface area contributed by atoms with Gasteiger partial charge in [-0.2, -0.15) is 22.0 Å². The molecule has 128 valence electrons. The summed E-state index contributed by atoms with van der Waals surface area (Å²) in [6, 6.07) is 0. The van der Waals surface area contributed by atoms with Crippen LogP contribution in [0.1, 0.15) is 19.3 Å². The molecule has 0 aromatic carbocycles. The molecule has 3 heterocycles. The summed E-state index contributed by atoms with van der Waals surface area (Å²) in [7, 11) is 0.422. The zero-order chi connectivity index (χ0) is 16.4. The van der Waals surface area contributed by atoms with E-state index in [1.807, 2.05) is 19.0 Å². The van der Waals surface area contributed by atoms with Gasteiger partial charge in [0.2, 0.25) is 5.88 Å². The van der Waals surface area contributed by atoms with Crippen LogP contribution < -0.4 is 9.64 Å². The first kappa shape index (κ1) is 16.4. The minimum absolute atomic E-state index is 0.181. The van der Waals surface area contributed by atoms with Crippen molar-refractivity contribution < 1.29 is 13.2 Å². The van der Waals surface area contributed by atoms with Crippen molar-refractivity contribution in [1.29, 1.82) is 0 Å². The first-order valence-corrected chi connectivity index (χ1v) is 9.28. The predicted molar refractivity (Wildman–Crippen MR) is 86.7 cm³/mol. The maximum Gasteiger partial charge on any atom is 0.282 e. The molecule has 3 rings (SSSR count). The summed E-state index contributed by atoms with van der Waals surface area (Å²) in [6.45, 7) is 2.11. The molecule has 1 aromatic rings. The molecule has 8 nitrogen and oxygen atoms in total. The fraction of sp³-hybridized carbons (Fsp3) is 0.714. The summed E-state index contributed by atoms with van der Waals surface area (Å²) in [5.74, 6) is 1.14. The Morgan fingerprint density at radius 3 is 2.61 bits per heavy atom. The summed E-state index contributed by atoms with van der Waals surface area (Å²) in [4.78, 5) is 10.3. The van der Waals surface area contributed by atoms with Crippen molar-refractivity contribution in [3.63, 3.8) is 0 Å². The molecule has 9 heteroatoms. The van der Waals surface area contributed by atoms with Gasteiger partial charge in [-0.05, 0) is 19.3 Å². The lowest BCUT2D eigenvalue weighted by atomic mass is 10.3. The van der Waals surface area contributed by atoms with Gasteiger partial charge in [0.1, 0.15) is 6.10 Å². The highest BCUT2D eigenvalue weighted by atomic mass is 32.2. The third-order valence-electron chi connectivity index (χ3n) is 4.17. The molecule has 0 aliphatic carbocycles. The molecule has 0 radical (unpaired) electrons. The average Bonchev–Trinajstić information content (AvgIpc) is 3.19. The van der Waals surface area contributed by atoms with Crippen molar-refractivity contribution >= 4 is 16.0 Å². The molecule has 1 atom stereocenters. The van der Waals surface area contributed by atoms with Crippen LogP contribution in [0.2, 0.25) is 0 Å². The summed E-state index contributed by atoms with van der Waals surface area (Å²) in [6.07, 6.45) is 5.59. The van der Waals surface area contributed by atoms with Crippen LogP contribution in [-0.4, -0.2) is 73.4 Å². The normalized spacial score (nSPS) is 23.3. The van der Waals surface area contributed by atoms with Crippen molar-refractivity contribution in [2.24, 2.45) is 0 Å². The highest BCUT2D eigenvalue weighted by Gasteiger charge is 2.37. The van der Waals surface area contributed by atoms with E-state index in [-0.39, 0.29) is 6.10 Å². The highest BCUT2D eigenvalue weighted by molar-refractivity contribution is 7.86. The maximum atomic E-state index is 12.5. The maximum absolute atomic E-state index is 12.5. The van der Waals surface area contributed by atoms with E-state index in [4.69, 9.17) is 4.74 Å². The summed E-state index contributed by atoms with van der Waals surface area (Å²) < 4.78 is 34.0. The summed E-state index contributed by atoms with van der Waals surface area (Å²) in [5.41, 5.74) is 0. The molecule has 0 spiro atoms. The van der Waals surface area contributed by atoms with Crippen LogP contribution in [0.25, 0.3) is 0 Å². The lowest BCUT2D eigenvalue weighted by Gasteiger charge is -2.23. The number of rotatable bonds is 5. The second-order valence-electron chi connectivity index (χ2n) is 6.11. The van der Waals surface area contributed by atoms with Crippen molar-refractivity contribution in [2.45, 2.75) is 25.4 Å². The summed E-state index contributed by atoms with van der Waals surface area (Å²) >= 11 is 0. The van der Waals surface area contributed by atoms with Gasteiger partial charge in [-0.1, -0.05) is 0 Å². The smallest absolute Gasteiger partial charge is 0.282 e. The summed E-state index contributed by atoms with van der Waals surface area (Å²) in [5, 5.41) is 0. The monoisotopic (exact) mass is 341 g/mol. The Bertz CT molecular complexity index is 646. The van der Waals surface area contributed by atoms with Crippen LogP contribution in [0.4, 0.5) is 5.82 Å². The van der Waals surface area contributed by atoms with E-state index in [0.717, 1.165) is 12.8 Å². The van der Waals surface area contributed by atoms with Crippen molar-refractivity contribution in [3.8, 4) is 5.88 Å². The van der Waals surface area contributed by atoms with Crippen LogP contribution in [0, 0.1) is 0 Å². The molecule has 2 aliphatic heterocycles. The van der Waals surface area contributed by atoms with Gasteiger partial charge in [-0.25, -0.2) is 0 Å². The Morgan fingerprint density at radius 2 is 1.91 bits per heavy atom. The molecular formula is C14H23N5O3S. The first-order chi connectivity index (χ1) is 11.0. The van der Waals surface area contributed by atoms with E-state index in [2.05, 4.69) is 9.97 Å². The highest BCUT2D eigenvalue weighted by Crippen LogP contribution is 2.23. The molecule has 23 heavy (non-hydrogen) atoms. The topological polar surface area (TPSA) is 78.9 Å². The Balaban J connectivity index is 1.63. The van der Waals surface area contributed by atoms with E-state index in [1.165, 1.54) is 4.31 Å². The average molecular weight is 341 g/mol. The molecule has 1 aromatic heterocycles. The number of nitrogens with zero attached hydrogens (tertiary/aromatic N) is 5. The van der Waals surface area contributed by atoms with Crippen LogP contribution in [-0.2, 0) is 10.2 Å². The lowest BCUT2D eigenvalue weighted by molar-refractivity contribution is 0.205. The number of hydrogen-bond acceptors (Lipinski definition) is 6. The first-order valence-electron chi connectivity index (χ1n) is 7.88. The third kappa shape index (κ3) is 3.56. The Morgan fingerprint density at radius 1 is 1.17 bits per heavy atom. The quantitative estimate of drug-likeness (QED) is 0.768. The van der Waals surface area contributed by atoms with E-state index in [1.54, 1.807) is 16.7 Å². The number of aromatic nitrogens is 2. The molecule has 0 amide bonds. The van der Waals surface area contributed by atoms with Gasteiger partial charge in [-0.15, -0.1) is 0 Å². The van der Waals surface area contributed by atoms with E-state index in [0.29, 0.717) is 44.3 Å². The molecule has 2 fully saturated rings. The number of ether oxygens (including phenoxy) is 1. The fourth-order valence-corrected chi connectivity index (χ4v) is 4.60. The van der Waals surface area contributed by atoms with Crippen molar-refractivity contribution in [3.05, 3.63) is 12.4 Å². The molecule has 2 aliphatic rings. The van der Waals surface area contributed by atoms with Crippen LogP contribution >= 0.6 is 0 Å². The van der Waals surface area contributed by atoms with Gasteiger partial charge in [0.15, 0.2) is 5.82 Å². The molecule has 0 saturated carbocycles. The van der Waals surface area contributed by atoms with Gasteiger partial charge in [-0.3, -0.25) is 4.98 Å². The van der Waals surface area contributed by atoms with E-state index >= 15 is 0 Å². The fourth-order valence-electron chi connectivity index (χ4n) is 2.87. The van der Waals surface area contributed by atoms with Crippen molar-refractivity contribution in [1.82, 2.24) is 18.6 Å². The third-order valence-corrected chi connectivity index (χ3v) is 6.17. The van der Waals surface area contributed by atoms with E-state index in [9.17, 15) is 8.42 Å². The van der Waals surface area contributed by atoms with Gasteiger partial charge < -0.3 is 9.64 Å². The minimum atomic E-state index is -3.34.